The van der Waals surface area contributed by atoms with E-state index in [-0.39, 0.29) is 11.0 Å². The Morgan fingerprint density at radius 2 is 1.67 bits per heavy atom. The molecule has 0 saturated heterocycles. The summed E-state index contributed by atoms with van der Waals surface area (Å²) in [6.45, 7) is 0. The highest BCUT2D eigenvalue weighted by Gasteiger charge is 2.06. The van der Waals surface area contributed by atoms with Crippen LogP contribution in [0, 0.1) is 0 Å². The standard InChI is InChI=1S/C19H19ClN2O4S/c1-24-15-8-6-13(11-14(15)20)21-19(27)22-18(23)9-5-12-4-7-16(25-2)17(10-12)26-3/h4-11H,1-3H3,(H2,21,22,23,27)/b9-5+. The third kappa shape index (κ3) is 5.87. The molecule has 0 heterocycles. The van der Waals surface area contributed by atoms with Gasteiger partial charge in [-0.3, -0.25) is 10.1 Å². The van der Waals surface area contributed by atoms with Gasteiger partial charge in [0.15, 0.2) is 16.6 Å². The Hall–Kier alpha value is -2.77. The lowest BCUT2D eigenvalue weighted by Gasteiger charge is -2.10. The Morgan fingerprint density at radius 1 is 1.00 bits per heavy atom. The largest absolute Gasteiger partial charge is 0.495 e. The van der Waals surface area contributed by atoms with Gasteiger partial charge in [-0.1, -0.05) is 17.7 Å². The van der Waals surface area contributed by atoms with E-state index in [4.69, 9.17) is 38.0 Å². The van der Waals surface area contributed by atoms with Crippen molar-refractivity contribution in [2.45, 2.75) is 0 Å². The number of amides is 1. The van der Waals surface area contributed by atoms with E-state index in [0.717, 1.165) is 5.56 Å². The SMILES string of the molecule is COc1ccc(NC(=S)NC(=O)/C=C/c2ccc(OC)c(OC)c2)cc1Cl. The number of methoxy groups -OCH3 is 3. The molecule has 0 aliphatic carbocycles. The van der Waals surface area contributed by atoms with Gasteiger partial charge in [-0.15, -0.1) is 0 Å². The number of thiocarbonyl (C=S) groups is 1. The molecule has 0 fully saturated rings. The van der Waals surface area contributed by atoms with Crippen LogP contribution in [0.3, 0.4) is 0 Å². The van der Waals surface area contributed by atoms with E-state index in [2.05, 4.69) is 10.6 Å². The Kier molecular flexibility index (Phi) is 7.45. The topological polar surface area (TPSA) is 68.8 Å². The highest BCUT2D eigenvalue weighted by Crippen LogP contribution is 2.28. The second-order valence-corrected chi connectivity index (χ2v) is 6.06. The third-order valence-corrected chi connectivity index (χ3v) is 3.98. The quantitative estimate of drug-likeness (QED) is 0.560. The molecule has 0 aromatic heterocycles. The molecule has 142 valence electrons. The number of carbonyl (C=O) groups is 1. The number of benzene rings is 2. The van der Waals surface area contributed by atoms with Crippen LogP contribution in [0.5, 0.6) is 17.2 Å². The minimum Gasteiger partial charge on any atom is -0.495 e. The molecule has 8 heteroatoms. The lowest BCUT2D eigenvalue weighted by atomic mass is 10.2. The first-order valence-electron chi connectivity index (χ1n) is 7.82. The molecule has 27 heavy (non-hydrogen) atoms. The van der Waals surface area contributed by atoms with Crippen molar-refractivity contribution in [2.75, 3.05) is 26.6 Å². The van der Waals surface area contributed by atoms with Crippen molar-refractivity contribution in [3.8, 4) is 17.2 Å². The molecule has 2 N–H and O–H groups in total. The van der Waals surface area contributed by atoms with E-state index < -0.39 is 0 Å². The first kappa shape index (κ1) is 20.5. The minimum absolute atomic E-state index is 0.151. The average molecular weight is 407 g/mol. The monoisotopic (exact) mass is 406 g/mol. The summed E-state index contributed by atoms with van der Waals surface area (Å²) in [5, 5.41) is 6.03. The second-order valence-electron chi connectivity index (χ2n) is 5.24. The van der Waals surface area contributed by atoms with Gasteiger partial charge >= 0.3 is 0 Å². The van der Waals surface area contributed by atoms with Crippen LogP contribution >= 0.6 is 23.8 Å². The summed E-state index contributed by atoms with van der Waals surface area (Å²) in [4.78, 5) is 12.0. The Balaban J connectivity index is 1.95. The van der Waals surface area contributed by atoms with Crippen LogP contribution in [0.2, 0.25) is 5.02 Å². The van der Waals surface area contributed by atoms with Gasteiger partial charge in [-0.05, 0) is 54.2 Å². The van der Waals surface area contributed by atoms with Gasteiger partial charge in [0.05, 0.1) is 26.4 Å². The van der Waals surface area contributed by atoms with E-state index in [1.165, 1.54) is 13.2 Å². The van der Waals surface area contributed by atoms with Crippen molar-refractivity contribution in [1.82, 2.24) is 5.32 Å². The van der Waals surface area contributed by atoms with E-state index >= 15 is 0 Å². The van der Waals surface area contributed by atoms with Crippen LogP contribution in [0.4, 0.5) is 5.69 Å². The van der Waals surface area contributed by atoms with Gasteiger partial charge in [0.1, 0.15) is 5.75 Å². The van der Waals surface area contributed by atoms with E-state index in [1.807, 2.05) is 0 Å². The van der Waals surface area contributed by atoms with E-state index in [1.54, 1.807) is 56.7 Å². The fourth-order valence-electron chi connectivity index (χ4n) is 2.19. The molecule has 0 bridgehead atoms. The molecule has 0 atom stereocenters. The summed E-state index contributed by atoms with van der Waals surface area (Å²) in [6, 6.07) is 10.4. The van der Waals surface area contributed by atoms with Crippen molar-refractivity contribution >= 4 is 46.6 Å². The number of anilines is 1. The Morgan fingerprint density at radius 3 is 2.30 bits per heavy atom. The number of carbonyl (C=O) groups excluding carboxylic acids is 1. The maximum atomic E-state index is 12.0. The van der Waals surface area contributed by atoms with Crippen molar-refractivity contribution < 1.29 is 19.0 Å². The smallest absolute Gasteiger partial charge is 0.250 e. The van der Waals surface area contributed by atoms with E-state index in [9.17, 15) is 4.79 Å². The number of rotatable bonds is 6. The maximum Gasteiger partial charge on any atom is 0.250 e. The molecule has 1 amide bonds. The third-order valence-electron chi connectivity index (χ3n) is 3.48. The molecule has 0 unspecified atom stereocenters. The molecule has 2 aromatic rings. The summed E-state index contributed by atoms with van der Waals surface area (Å²) >= 11 is 11.2. The average Bonchev–Trinajstić information content (AvgIpc) is 2.66. The molecular formula is C19H19ClN2O4S. The molecule has 2 rings (SSSR count). The highest BCUT2D eigenvalue weighted by atomic mass is 35.5. The summed E-state index contributed by atoms with van der Waals surface area (Å²) < 4.78 is 15.5. The predicted molar refractivity (Wildman–Crippen MR) is 111 cm³/mol. The van der Waals surface area contributed by atoms with Crippen LogP contribution in [-0.2, 0) is 4.79 Å². The maximum absolute atomic E-state index is 12.0. The molecule has 6 nitrogen and oxygen atoms in total. The van der Waals surface area contributed by atoms with Crippen molar-refractivity contribution in [2.24, 2.45) is 0 Å². The van der Waals surface area contributed by atoms with Crippen LogP contribution < -0.4 is 24.8 Å². The van der Waals surface area contributed by atoms with Crippen LogP contribution in [0.15, 0.2) is 42.5 Å². The molecular weight excluding hydrogens is 388 g/mol. The number of halogens is 1. The molecule has 0 radical (unpaired) electrons. The van der Waals surface area contributed by atoms with Gasteiger partial charge in [0.25, 0.3) is 0 Å². The van der Waals surface area contributed by atoms with Crippen molar-refractivity contribution in [3.63, 3.8) is 0 Å². The molecule has 0 aliphatic rings. The van der Waals surface area contributed by atoms with Crippen molar-refractivity contribution in [3.05, 3.63) is 53.1 Å². The number of hydrogen-bond acceptors (Lipinski definition) is 5. The second kappa shape index (κ2) is 9.80. The molecule has 2 aromatic carbocycles. The molecule has 0 saturated carbocycles. The number of nitrogens with one attached hydrogen (secondary N) is 2. The molecule has 0 spiro atoms. The van der Waals surface area contributed by atoms with Gasteiger partial charge < -0.3 is 19.5 Å². The summed E-state index contributed by atoms with van der Waals surface area (Å²) in [5.74, 6) is 1.37. The zero-order chi connectivity index (χ0) is 19.8. The lowest BCUT2D eigenvalue weighted by molar-refractivity contribution is -0.115. The fourth-order valence-corrected chi connectivity index (χ4v) is 2.66. The van der Waals surface area contributed by atoms with Crippen LogP contribution in [0.25, 0.3) is 6.08 Å². The van der Waals surface area contributed by atoms with Crippen LogP contribution in [-0.4, -0.2) is 32.3 Å². The predicted octanol–water partition coefficient (Wildman–Crippen LogP) is 3.89. The van der Waals surface area contributed by atoms with Gasteiger partial charge in [0.2, 0.25) is 5.91 Å². The number of ether oxygens (including phenoxy) is 3. The zero-order valence-corrected chi connectivity index (χ0v) is 16.6. The van der Waals surface area contributed by atoms with Gasteiger partial charge in [-0.25, -0.2) is 0 Å². The van der Waals surface area contributed by atoms with Gasteiger partial charge in [-0.2, -0.15) is 0 Å². The minimum atomic E-state index is -0.373. The van der Waals surface area contributed by atoms with Gasteiger partial charge in [0, 0.05) is 11.8 Å². The summed E-state index contributed by atoms with van der Waals surface area (Å²) in [5.41, 5.74) is 1.42. The van der Waals surface area contributed by atoms with E-state index in [0.29, 0.717) is 28.0 Å². The summed E-state index contributed by atoms with van der Waals surface area (Å²) in [6.07, 6.45) is 3.01. The lowest BCUT2D eigenvalue weighted by Crippen LogP contribution is -2.32. The zero-order valence-electron chi connectivity index (χ0n) is 15.0. The first-order valence-corrected chi connectivity index (χ1v) is 8.61. The number of hydrogen-bond donors (Lipinski definition) is 2. The van der Waals surface area contributed by atoms with Crippen molar-refractivity contribution in [1.29, 1.82) is 0 Å². The highest BCUT2D eigenvalue weighted by molar-refractivity contribution is 7.80. The Bertz CT molecular complexity index is 871. The molecule has 0 aliphatic heterocycles. The first-order chi connectivity index (χ1) is 13.0. The summed E-state index contributed by atoms with van der Waals surface area (Å²) in [7, 11) is 4.64. The van der Waals surface area contributed by atoms with Crippen LogP contribution in [0.1, 0.15) is 5.56 Å². The Labute approximate surface area is 168 Å². The fraction of sp³-hybridized carbons (Fsp3) is 0.158. The normalized spacial score (nSPS) is 10.4.